The minimum atomic E-state index is -0.0988. The Balaban J connectivity index is 2.09. The highest BCUT2D eigenvalue weighted by atomic mass is 16.5. The van der Waals surface area contributed by atoms with E-state index in [1.54, 1.807) is 26.6 Å². The second-order valence-electron chi connectivity index (χ2n) is 5.22. The molecule has 0 bridgehead atoms. The fourth-order valence-electron chi connectivity index (χ4n) is 2.60. The van der Waals surface area contributed by atoms with Crippen LogP contribution >= 0.6 is 0 Å². The molecule has 1 aromatic carbocycles. The first-order valence-corrected chi connectivity index (χ1v) is 7.61. The van der Waals surface area contributed by atoms with Crippen LogP contribution in [-0.4, -0.2) is 46.8 Å². The van der Waals surface area contributed by atoms with E-state index in [4.69, 9.17) is 9.47 Å². The monoisotopic (exact) mass is 328 g/mol. The van der Waals surface area contributed by atoms with E-state index in [0.29, 0.717) is 24.5 Å². The number of nitrogens with one attached hydrogen (secondary N) is 1. The normalized spacial score (nSPS) is 11.0. The lowest BCUT2D eigenvalue weighted by Crippen LogP contribution is -2.10. The Morgan fingerprint density at radius 2 is 2.17 bits per heavy atom. The summed E-state index contributed by atoms with van der Waals surface area (Å²) in [5, 5.41) is 12.9. The van der Waals surface area contributed by atoms with Gasteiger partial charge in [0.15, 0.2) is 5.65 Å². The third-order valence-corrected chi connectivity index (χ3v) is 3.75. The number of imidazole rings is 1. The van der Waals surface area contributed by atoms with E-state index in [1.165, 1.54) is 0 Å². The lowest BCUT2D eigenvalue weighted by molar-refractivity contribution is 0.210. The predicted molar refractivity (Wildman–Crippen MR) is 91.3 cm³/mol. The molecule has 126 valence electrons. The number of aromatic nitrogens is 3. The van der Waals surface area contributed by atoms with Gasteiger partial charge >= 0.3 is 0 Å². The molecule has 2 N–H and O–H groups in total. The maximum atomic E-state index is 9.56. The average molecular weight is 328 g/mol. The molecule has 0 unspecified atom stereocenters. The largest absolute Gasteiger partial charge is 0.496 e. The summed E-state index contributed by atoms with van der Waals surface area (Å²) in [5.74, 6) is 1.51. The summed E-state index contributed by atoms with van der Waals surface area (Å²) in [4.78, 5) is 8.79. The number of aliphatic hydroxyl groups excluding tert-OH is 1. The Morgan fingerprint density at radius 3 is 2.92 bits per heavy atom. The molecule has 7 nitrogen and oxygen atoms in total. The Kier molecular flexibility index (Phi) is 4.93. The molecule has 0 atom stereocenters. The molecule has 0 spiro atoms. The fraction of sp³-hybridized carbons (Fsp3) is 0.294. The van der Waals surface area contributed by atoms with E-state index in [0.717, 1.165) is 22.7 Å². The number of nitrogens with zero attached hydrogens (tertiary/aromatic N) is 3. The summed E-state index contributed by atoms with van der Waals surface area (Å²) in [6, 6.07) is 5.65. The summed E-state index contributed by atoms with van der Waals surface area (Å²) < 4.78 is 12.3. The smallest absolute Gasteiger partial charge is 0.157 e. The van der Waals surface area contributed by atoms with Crippen LogP contribution in [0.1, 0.15) is 5.56 Å². The van der Waals surface area contributed by atoms with E-state index < -0.39 is 0 Å². The molecule has 0 aliphatic carbocycles. The summed E-state index contributed by atoms with van der Waals surface area (Å²) in [5.41, 5.74) is 3.14. The maximum absolute atomic E-state index is 9.56. The number of fused-ring (bicyclic) bond motifs is 1. The zero-order valence-corrected chi connectivity index (χ0v) is 13.7. The van der Waals surface area contributed by atoms with Gasteiger partial charge in [-0.2, -0.15) is 0 Å². The van der Waals surface area contributed by atoms with Crippen molar-refractivity contribution in [3.05, 3.63) is 42.4 Å². The minimum absolute atomic E-state index is 0.0988. The van der Waals surface area contributed by atoms with Crippen LogP contribution in [0.2, 0.25) is 0 Å². The number of benzene rings is 1. The van der Waals surface area contributed by atoms with Crippen molar-refractivity contribution in [3.8, 4) is 17.0 Å². The first-order chi connectivity index (χ1) is 11.8. The predicted octanol–water partition coefficient (Wildman–Crippen LogP) is 1.96. The lowest BCUT2D eigenvalue weighted by Gasteiger charge is -2.10. The highest BCUT2D eigenvalue weighted by molar-refractivity contribution is 5.77. The lowest BCUT2D eigenvalue weighted by atomic mass is 10.1. The molecule has 0 aliphatic rings. The minimum Gasteiger partial charge on any atom is -0.496 e. The van der Waals surface area contributed by atoms with Crippen molar-refractivity contribution in [2.24, 2.45) is 0 Å². The quantitative estimate of drug-likeness (QED) is 0.645. The standard InChI is InChI=1S/C17H20N4O3/c1-23-8-6-19-17-16(20-15-10-18-5-7-21(15)17)12-3-4-14(24-2)13(9-12)11-22/h3-5,7,9-10,19,22H,6,8,11H2,1-2H3. The van der Waals surface area contributed by atoms with E-state index in [2.05, 4.69) is 15.3 Å². The second-order valence-corrected chi connectivity index (χ2v) is 5.22. The highest BCUT2D eigenvalue weighted by Gasteiger charge is 2.15. The molecule has 0 fully saturated rings. The maximum Gasteiger partial charge on any atom is 0.157 e. The van der Waals surface area contributed by atoms with Crippen LogP contribution in [0.15, 0.2) is 36.8 Å². The van der Waals surface area contributed by atoms with Crippen molar-refractivity contribution in [1.82, 2.24) is 14.4 Å². The summed E-state index contributed by atoms with van der Waals surface area (Å²) >= 11 is 0. The number of methoxy groups -OCH3 is 2. The molecular weight excluding hydrogens is 308 g/mol. The SMILES string of the molecule is COCCNc1c(-c2ccc(OC)c(CO)c2)nc2cnccn12. The van der Waals surface area contributed by atoms with Gasteiger partial charge in [0.2, 0.25) is 0 Å². The summed E-state index contributed by atoms with van der Waals surface area (Å²) in [6.07, 6.45) is 5.28. The van der Waals surface area contributed by atoms with Gasteiger partial charge in [0.05, 0.1) is 26.5 Å². The van der Waals surface area contributed by atoms with Gasteiger partial charge in [-0.1, -0.05) is 0 Å². The number of anilines is 1. The van der Waals surface area contributed by atoms with Crippen LogP contribution < -0.4 is 10.1 Å². The molecule has 2 heterocycles. The van der Waals surface area contributed by atoms with Crippen molar-refractivity contribution in [1.29, 1.82) is 0 Å². The molecule has 7 heteroatoms. The van der Waals surface area contributed by atoms with Crippen LogP contribution in [-0.2, 0) is 11.3 Å². The number of aliphatic hydroxyl groups is 1. The van der Waals surface area contributed by atoms with Gasteiger partial charge in [-0.15, -0.1) is 0 Å². The Labute approximate surface area is 139 Å². The topological polar surface area (TPSA) is 80.9 Å². The second kappa shape index (κ2) is 7.29. The van der Waals surface area contributed by atoms with Gasteiger partial charge in [-0.25, -0.2) is 4.98 Å². The summed E-state index contributed by atoms with van der Waals surface area (Å²) in [6.45, 7) is 1.14. The number of hydrogen-bond acceptors (Lipinski definition) is 6. The van der Waals surface area contributed by atoms with E-state index in [-0.39, 0.29) is 6.61 Å². The van der Waals surface area contributed by atoms with Crippen molar-refractivity contribution >= 4 is 11.5 Å². The Hall–Kier alpha value is -2.64. The molecule has 0 radical (unpaired) electrons. The zero-order chi connectivity index (χ0) is 16.9. The molecule has 2 aromatic heterocycles. The van der Waals surface area contributed by atoms with E-state index in [9.17, 15) is 5.11 Å². The molecule has 0 aliphatic heterocycles. The van der Waals surface area contributed by atoms with E-state index in [1.807, 2.05) is 28.8 Å². The summed E-state index contributed by atoms with van der Waals surface area (Å²) in [7, 11) is 3.25. The van der Waals surface area contributed by atoms with Gasteiger partial charge in [-0.3, -0.25) is 9.38 Å². The van der Waals surface area contributed by atoms with Gasteiger partial charge in [0.25, 0.3) is 0 Å². The van der Waals surface area contributed by atoms with Gasteiger partial charge in [0.1, 0.15) is 17.3 Å². The zero-order valence-electron chi connectivity index (χ0n) is 13.7. The molecule has 0 amide bonds. The Morgan fingerprint density at radius 1 is 1.29 bits per heavy atom. The average Bonchev–Trinajstić information content (AvgIpc) is 3.00. The van der Waals surface area contributed by atoms with Gasteiger partial charge in [-0.05, 0) is 18.2 Å². The van der Waals surface area contributed by atoms with Gasteiger partial charge in [0, 0.05) is 37.2 Å². The van der Waals surface area contributed by atoms with Gasteiger partial charge < -0.3 is 19.9 Å². The van der Waals surface area contributed by atoms with Crippen molar-refractivity contribution in [2.75, 3.05) is 32.7 Å². The molecule has 3 rings (SSSR count). The Bertz CT molecular complexity index is 832. The van der Waals surface area contributed by atoms with Crippen molar-refractivity contribution in [3.63, 3.8) is 0 Å². The number of ether oxygens (including phenoxy) is 2. The number of hydrogen-bond donors (Lipinski definition) is 2. The van der Waals surface area contributed by atoms with Crippen LogP contribution in [0.25, 0.3) is 16.9 Å². The molecular formula is C17H20N4O3. The molecule has 24 heavy (non-hydrogen) atoms. The van der Waals surface area contributed by atoms with E-state index >= 15 is 0 Å². The van der Waals surface area contributed by atoms with Crippen LogP contribution in [0.3, 0.4) is 0 Å². The van der Waals surface area contributed by atoms with Crippen LogP contribution in [0.4, 0.5) is 5.82 Å². The molecule has 3 aromatic rings. The molecule has 0 saturated heterocycles. The third-order valence-electron chi connectivity index (χ3n) is 3.75. The highest BCUT2D eigenvalue weighted by Crippen LogP contribution is 2.31. The first kappa shape index (κ1) is 16.2. The van der Waals surface area contributed by atoms with Crippen LogP contribution in [0, 0.1) is 0 Å². The van der Waals surface area contributed by atoms with Crippen molar-refractivity contribution < 1.29 is 14.6 Å². The third kappa shape index (κ3) is 3.04. The fourth-order valence-corrected chi connectivity index (χ4v) is 2.60. The first-order valence-electron chi connectivity index (χ1n) is 7.61. The van der Waals surface area contributed by atoms with Crippen LogP contribution in [0.5, 0.6) is 5.75 Å². The van der Waals surface area contributed by atoms with Crippen molar-refractivity contribution in [2.45, 2.75) is 6.61 Å². The molecule has 0 saturated carbocycles. The number of rotatable bonds is 7.